The largest absolute Gasteiger partial charge is 0.377 e. The molecule has 26 heavy (non-hydrogen) atoms. The highest BCUT2D eigenvalue weighted by atomic mass is 32.1. The van der Waals surface area contributed by atoms with E-state index in [4.69, 9.17) is 9.47 Å². The maximum atomic E-state index is 12.7. The van der Waals surface area contributed by atoms with Crippen molar-refractivity contribution in [2.45, 2.75) is 37.9 Å². The number of hydrogen-bond donors (Lipinski definition) is 2. The summed E-state index contributed by atoms with van der Waals surface area (Å²) in [5.41, 5.74) is 0.588. The van der Waals surface area contributed by atoms with E-state index in [0.29, 0.717) is 45.8 Å². The van der Waals surface area contributed by atoms with Gasteiger partial charge >= 0.3 is 6.03 Å². The van der Waals surface area contributed by atoms with Crippen molar-refractivity contribution in [1.82, 2.24) is 15.5 Å². The molecule has 0 saturated carbocycles. The number of ether oxygens (including phenoxy) is 2. The zero-order valence-corrected chi connectivity index (χ0v) is 16.0. The van der Waals surface area contributed by atoms with E-state index < -0.39 is 5.60 Å². The molecule has 1 spiro atoms. The Hall–Kier alpha value is -1.64. The molecule has 2 aliphatic rings. The fraction of sp³-hybridized carbons (Fsp3) is 0.667. The van der Waals surface area contributed by atoms with Gasteiger partial charge in [0.2, 0.25) is 5.91 Å². The Morgan fingerprint density at radius 2 is 2.31 bits per heavy atom. The smallest absolute Gasteiger partial charge is 0.314 e. The van der Waals surface area contributed by atoms with Gasteiger partial charge in [0, 0.05) is 19.6 Å². The molecule has 2 atom stereocenters. The van der Waals surface area contributed by atoms with Crippen LogP contribution in [0.4, 0.5) is 4.79 Å². The summed E-state index contributed by atoms with van der Waals surface area (Å²) in [7, 11) is 0. The third-order valence-electron chi connectivity index (χ3n) is 4.80. The first-order valence-corrected chi connectivity index (χ1v) is 10.1. The first-order chi connectivity index (χ1) is 12.6. The van der Waals surface area contributed by atoms with Crippen LogP contribution in [0.15, 0.2) is 16.8 Å². The van der Waals surface area contributed by atoms with Crippen LogP contribution in [0.5, 0.6) is 0 Å². The van der Waals surface area contributed by atoms with E-state index in [0.717, 1.165) is 18.4 Å². The molecular weight excluding hydrogens is 354 g/mol. The molecule has 3 heterocycles. The van der Waals surface area contributed by atoms with Crippen molar-refractivity contribution in [2.24, 2.45) is 0 Å². The number of urea groups is 1. The average Bonchev–Trinajstić information content (AvgIpc) is 3.21. The predicted molar refractivity (Wildman–Crippen MR) is 99.3 cm³/mol. The second-order valence-corrected chi connectivity index (χ2v) is 7.66. The first-order valence-electron chi connectivity index (χ1n) is 9.16. The Morgan fingerprint density at radius 1 is 1.42 bits per heavy atom. The van der Waals surface area contributed by atoms with Gasteiger partial charge in [-0.3, -0.25) is 4.79 Å². The van der Waals surface area contributed by atoms with Crippen molar-refractivity contribution < 1.29 is 19.1 Å². The predicted octanol–water partition coefficient (Wildman–Crippen LogP) is 1.39. The van der Waals surface area contributed by atoms with Crippen molar-refractivity contribution in [3.63, 3.8) is 0 Å². The van der Waals surface area contributed by atoms with Crippen molar-refractivity contribution in [3.8, 4) is 0 Å². The standard InChI is InChI=1S/C18H27N3O4S/c1-2-19-17(23)20-10-15-3-5-18(25-15)12-21(6-7-24-13-18)16(22)9-14-4-8-26-11-14/h4,8,11,15H,2-3,5-7,9-10,12-13H2,1H3,(H2,19,20,23)/t15-,18-/m1/s1. The molecule has 8 heteroatoms. The molecule has 2 aliphatic heterocycles. The lowest BCUT2D eigenvalue weighted by atomic mass is 10.00. The van der Waals surface area contributed by atoms with Crippen molar-refractivity contribution >= 4 is 23.3 Å². The van der Waals surface area contributed by atoms with Gasteiger partial charge in [-0.25, -0.2) is 4.79 Å². The fourth-order valence-corrected chi connectivity index (χ4v) is 4.16. The van der Waals surface area contributed by atoms with Gasteiger partial charge < -0.3 is 25.0 Å². The average molecular weight is 381 g/mol. The van der Waals surface area contributed by atoms with Crippen LogP contribution in [0.2, 0.25) is 0 Å². The molecule has 3 rings (SSSR count). The molecule has 0 unspecified atom stereocenters. The van der Waals surface area contributed by atoms with Crippen molar-refractivity contribution in [1.29, 1.82) is 0 Å². The minimum absolute atomic E-state index is 0.0480. The summed E-state index contributed by atoms with van der Waals surface area (Å²) in [4.78, 5) is 26.1. The first kappa shape index (κ1) is 19.1. The van der Waals surface area contributed by atoms with Gasteiger partial charge in [-0.1, -0.05) is 0 Å². The van der Waals surface area contributed by atoms with Crippen LogP contribution in [0.1, 0.15) is 25.3 Å². The SMILES string of the molecule is CCNC(=O)NC[C@H]1CC[C@@]2(COCCN(C(=O)Cc3ccsc3)C2)O1. The quantitative estimate of drug-likeness (QED) is 0.808. The molecule has 0 aliphatic carbocycles. The molecule has 0 bridgehead atoms. The van der Waals surface area contributed by atoms with Crippen LogP contribution in [0, 0.1) is 0 Å². The van der Waals surface area contributed by atoms with E-state index in [9.17, 15) is 9.59 Å². The van der Waals surface area contributed by atoms with E-state index in [2.05, 4.69) is 10.6 Å². The topological polar surface area (TPSA) is 79.9 Å². The third kappa shape index (κ3) is 4.96. The lowest BCUT2D eigenvalue weighted by Crippen LogP contribution is -2.48. The van der Waals surface area contributed by atoms with Crippen LogP contribution >= 0.6 is 11.3 Å². The monoisotopic (exact) mass is 381 g/mol. The van der Waals surface area contributed by atoms with Crippen LogP contribution in [0.3, 0.4) is 0 Å². The second kappa shape index (κ2) is 8.83. The van der Waals surface area contributed by atoms with Crippen LogP contribution < -0.4 is 10.6 Å². The van der Waals surface area contributed by atoms with Crippen LogP contribution in [0.25, 0.3) is 0 Å². The van der Waals surface area contributed by atoms with Gasteiger partial charge in [0.25, 0.3) is 0 Å². The summed E-state index contributed by atoms with van der Waals surface area (Å²) >= 11 is 1.60. The normalized spacial score (nSPS) is 25.9. The van der Waals surface area contributed by atoms with E-state index in [-0.39, 0.29) is 18.0 Å². The molecule has 0 aromatic carbocycles. The molecule has 1 aromatic rings. The van der Waals surface area contributed by atoms with Gasteiger partial charge in [-0.2, -0.15) is 11.3 Å². The highest BCUT2D eigenvalue weighted by molar-refractivity contribution is 7.08. The molecule has 1 aromatic heterocycles. The second-order valence-electron chi connectivity index (χ2n) is 6.88. The molecule has 0 radical (unpaired) electrons. The summed E-state index contributed by atoms with van der Waals surface area (Å²) in [6.45, 7) is 5.11. The Balaban J connectivity index is 1.55. The minimum atomic E-state index is -0.464. The van der Waals surface area contributed by atoms with E-state index in [1.165, 1.54) is 0 Å². The fourth-order valence-electron chi connectivity index (χ4n) is 3.49. The van der Waals surface area contributed by atoms with Crippen LogP contribution in [-0.2, 0) is 20.7 Å². The van der Waals surface area contributed by atoms with Gasteiger partial charge in [0.1, 0.15) is 5.60 Å². The number of nitrogens with zero attached hydrogens (tertiary/aromatic N) is 1. The van der Waals surface area contributed by atoms with E-state index >= 15 is 0 Å². The molecule has 2 saturated heterocycles. The van der Waals surface area contributed by atoms with Gasteiger partial charge in [-0.05, 0) is 42.2 Å². The molecule has 144 valence electrons. The van der Waals surface area contributed by atoms with Gasteiger partial charge in [0.15, 0.2) is 0 Å². The van der Waals surface area contributed by atoms with E-state index in [1.807, 2.05) is 28.7 Å². The lowest BCUT2D eigenvalue weighted by molar-refractivity contribution is -0.135. The van der Waals surface area contributed by atoms with E-state index in [1.54, 1.807) is 11.3 Å². The summed E-state index contributed by atoms with van der Waals surface area (Å²) in [6, 6.07) is 1.81. The summed E-state index contributed by atoms with van der Waals surface area (Å²) in [5, 5.41) is 9.54. The Morgan fingerprint density at radius 3 is 3.08 bits per heavy atom. The zero-order chi connectivity index (χ0) is 18.4. The zero-order valence-electron chi connectivity index (χ0n) is 15.2. The molecule has 7 nitrogen and oxygen atoms in total. The summed E-state index contributed by atoms with van der Waals surface area (Å²) in [5.74, 6) is 0.112. The molecule has 2 N–H and O–H groups in total. The number of rotatable bonds is 5. The number of nitrogens with one attached hydrogen (secondary N) is 2. The number of carbonyl (C=O) groups is 2. The van der Waals surface area contributed by atoms with Crippen molar-refractivity contribution in [2.75, 3.05) is 39.4 Å². The van der Waals surface area contributed by atoms with Crippen molar-refractivity contribution in [3.05, 3.63) is 22.4 Å². The Bertz CT molecular complexity index is 610. The third-order valence-corrected chi connectivity index (χ3v) is 5.54. The lowest BCUT2D eigenvalue weighted by Gasteiger charge is -2.32. The minimum Gasteiger partial charge on any atom is -0.377 e. The number of carbonyl (C=O) groups excluding carboxylic acids is 2. The highest BCUT2D eigenvalue weighted by Crippen LogP contribution is 2.33. The van der Waals surface area contributed by atoms with Crippen LogP contribution in [-0.4, -0.2) is 67.9 Å². The number of amides is 3. The van der Waals surface area contributed by atoms with Gasteiger partial charge in [-0.15, -0.1) is 0 Å². The molecule has 2 fully saturated rings. The highest BCUT2D eigenvalue weighted by Gasteiger charge is 2.44. The maximum Gasteiger partial charge on any atom is 0.314 e. The Labute approximate surface area is 158 Å². The number of hydrogen-bond acceptors (Lipinski definition) is 5. The summed E-state index contributed by atoms with van der Waals surface area (Å²) < 4.78 is 12.0. The maximum absolute atomic E-state index is 12.7. The molecule has 3 amide bonds. The van der Waals surface area contributed by atoms with Gasteiger partial charge in [0.05, 0.1) is 32.3 Å². The summed E-state index contributed by atoms with van der Waals surface area (Å²) in [6.07, 6.45) is 2.05. The Kier molecular flexibility index (Phi) is 6.50. The number of thiophene rings is 1. The molecular formula is C18H27N3O4S.